The summed E-state index contributed by atoms with van der Waals surface area (Å²) >= 11 is 0. The molecule has 0 bridgehead atoms. The molecule has 0 radical (unpaired) electrons. The number of carbonyl (C=O) groups is 2. The minimum Gasteiger partial charge on any atom is -0.330 e. The molecule has 0 aliphatic carbocycles. The highest BCUT2D eigenvalue weighted by molar-refractivity contribution is 7.89. The summed E-state index contributed by atoms with van der Waals surface area (Å²) in [7, 11) is -3.59. The molecule has 0 aromatic rings. The summed E-state index contributed by atoms with van der Waals surface area (Å²) in [5.74, 6) is -0.425. The molecule has 4 N–H and O–H groups in total. The lowest BCUT2D eigenvalue weighted by Gasteiger charge is -2.26. The Balaban J connectivity index is 5.08. The molecule has 0 amide bonds. The van der Waals surface area contributed by atoms with Gasteiger partial charge in [-0.3, -0.25) is 4.79 Å². The molecule has 0 saturated heterocycles. The van der Waals surface area contributed by atoms with Gasteiger partial charge in [0, 0.05) is 25.9 Å². The topological polar surface area (TPSA) is 124 Å². The first-order valence-electron chi connectivity index (χ1n) is 8.15. The van der Waals surface area contributed by atoms with Crippen molar-refractivity contribution in [2.75, 3.05) is 31.9 Å². The normalized spacial score (nSPS) is 13.3. The third-order valence-corrected chi connectivity index (χ3v) is 5.44. The molecule has 0 spiro atoms. The van der Waals surface area contributed by atoms with Crippen molar-refractivity contribution in [3.63, 3.8) is 0 Å². The fourth-order valence-corrected chi connectivity index (χ4v) is 3.73. The Kier molecular flexibility index (Phi) is 11.2. The second kappa shape index (κ2) is 11.7. The summed E-state index contributed by atoms with van der Waals surface area (Å²) in [6, 6.07) is 0. The second-order valence-electron chi connectivity index (χ2n) is 5.85. The summed E-state index contributed by atoms with van der Waals surface area (Å²) in [5, 5.41) is 0. The van der Waals surface area contributed by atoms with Crippen molar-refractivity contribution in [1.29, 1.82) is 0 Å². The van der Waals surface area contributed by atoms with Gasteiger partial charge in [0.15, 0.2) is 0 Å². The van der Waals surface area contributed by atoms with Crippen LogP contribution in [0.3, 0.4) is 0 Å². The number of unbranched alkanes of at least 4 members (excludes halogenated alkanes) is 1. The maximum Gasteiger partial charge on any atom is 0.215 e. The molecule has 136 valence electrons. The van der Waals surface area contributed by atoms with Crippen LogP contribution >= 0.6 is 0 Å². The van der Waals surface area contributed by atoms with Crippen molar-refractivity contribution >= 4 is 21.6 Å². The fraction of sp³-hybridized carbons (Fsp3) is 0.867. The van der Waals surface area contributed by atoms with Crippen LogP contribution in [-0.2, 0) is 19.6 Å². The van der Waals surface area contributed by atoms with Gasteiger partial charge in [0.25, 0.3) is 0 Å². The summed E-state index contributed by atoms with van der Waals surface area (Å²) in [6.45, 7) is 3.79. The van der Waals surface area contributed by atoms with Gasteiger partial charge in [-0.25, -0.2) is 8.42 Å². The number of hydrogen-bond acceptors (Lipinski definition) is 6. The third kappa shape index (κ3) is 9.80. The predicted octanol–water partition coefficient (Wildman–Crippen LogP) is 0.280. The van der Waals surface area contributed by atoms with E-state index < -0.39 is 10.0 Å². The lowest BCUT2D eigenvalue weighted by atomic mass is 9.96. The van der Waals surface area contributed by atoms with E-state index in [1.54, 1.807) is 6.92 Å². The van der Waals surface area contributed by atoms with E-state index in [0.717, 1.165) is 12.8 Å². The first kappa shape index (κ1) is 22.2. The summed E-state index contributed by atoms with van der Waals surface area (Å²) in [5.41, 5.74) is 10.8. The average molecular weight is 349 g/mol. The highest BCUT2D eigenvalue weighted by atomic mass is 32.2. The van der Waals surface area contributed by atoms with Crippen LogP contribution in [0.2, 0.25) is 0 Å². The maximum absolute atomic E-state index is 12.3. The summed E-state index contributed by atoms with van der Waals surface area (Å²) < 4.78 is 25.8. The number of ketones is 2. The average Bonchev–Trinajstić information content (AvgIpc) is 2.45. The van der Waals surface area contributed by atoms with Gasteiger partial charge in [0.2, 0.25) is 10.0 Å². The van der Waals surface area contributed by atoms with Crippen LogP contribution in [-0.4, -0.2) is 56.2 Å². The summed E-state index contributed by atoms with van der Waals surface area (Å²) in [4.78, 5) is 23.2. The lowest BCUT2D eigenvalue weighted by Crippen LogP contribution is -2.42. The Labute approximate surface area is 139 Å². The first-order valence-corrected chi connectivity index (χ1v) is 9.76. The smallest absolute Gasteiger partial charge is 0.215 e. The Morgan fingerprint density at radius 3 is 2.26 bits per heavy atom. The molecule has 0 unspecified atom stereocenters. The fourth-order valence-electron chi connectivity index (χ4n) is 2.39. The molecule has 8 heteroatoms. The van der Waals surface area contributed by atoms with Gasteiger partial charge in [-0.2, -0.15) is 4.31 Å². The molecule has 0 aliphatic rings. The number of Topliss-reactive ketones (excluding diaryl/α,β-unsaturated/α-hetero) is 2. The molecule has 7 nitrogen and oxygen atoms in total. The molecule has 23 heavy (non-hydrogen) atoms. The molecular formula is C15H31N3O4S. The highest BCUT2D eigenvalue weighted by Gasteiger charge is 2.26. The minimum absolute atomic E-state index is 0.00367. The number of carbonyl (C=O) groups excluding carboxylic acids is 2. The molecule has 0 saturated carbocycles. The standard InChI is InChI=1S/C15H31N3O4S/c1-3-15(20)12-18(23(21,22)9-8-17)11-14(10-13(2)19)6-4-5-7-16/h14H,3-12,16-17H2,1-2H3/t14-/m1/s1. The molecule has 0 fully saturated rings. The Hall–Kier alpha value is -0.830. The van der Waals surface area contributed by atoms with Gasteiger partial charge in [0.1, 0.15) is 11.6 Å². The van der Waals surface area contributed by atoms with E-state index in [-0.39, 0.29) is 49.3 Å². The molecule has 0 aromatic carbocycles. The highest BCUT2D eigenvalue weighted by Crippen LogP contribution is 2.17. The van der Waals surface area contributed by atoms with E-state index in [4.69, 9.17) is 11.5 Å². The van der Waals surface area contributed by atoms with Crippen LogP contribution in [0.15, 0.2) is 0 Å². The number of rotatable bonds is 14. The van der Waals surface area contributed by atoms with Crippen molar-refractivity contribution in [3.05, 3.63) is 0 Å². The molecule has 0 aliphatic heterocycles. The van der Waals surface area contributed by atoms with Crippen LogP contribution in [0.5, 0.6) is 0 Å². The number of nitrogens with zero attached hydrogens (tertiary/aromatic N) is 1. The maximum atomic E-state index is 12.3. The zero-order valence-corrected chi connectivity index (χ0v) is 15.1. The van der Waals surface area contributed by atoms with Crippen LogP contribution in [0.1, 0.15) is 46.0 Å². The van der Waals surface area contributed by atoms with Crippen molar-refractivity contribution in [1.82, 2.24) is 4.31 Å². The number of nitrogens with two attached hydrogens (primary N) is 2. The zero-order chi connectivity index (χ0) is 17.9. The molecular weight excluding hydrogens is 318 g/mol. The lowest BCUT2D eigenvalue weighted by molar-refractivity contribution is -0.119. The molecule has 0 aromatic heterocycles. The van der Waals surface area contributed by atoms with Crippen molar-refractivity contribution in [3.8, 4) is 0 Å². The van der Waals surface area contributed by atoms with Gasteiger partial charge in [-0.05, 0) is 32.2 Å². The van der Waals surface area contributed by atoms with Crippen molar-refractivity contribution < 1.29 is 18.0 Å². The first-order chi connectivity index (χ1) is 10.8. The Morgan fingerprint density at radius 1 is 1.13 bits per heavy atom. The van der Waals surface area contributed by atoms with Crippen LogP contribution in [0.25, 0.3) is 0 Å². The van der Waals surface area contributed by atoms with Crippen LogP contribution in [0, 0.1) is 5.92 Å². The van der Waals surface area contributed by atoms with E-state index in [1.807, 2.05) is 0 Å². The number of sulfonamides is 1. The van der Waals surface area contributed by atoms with E-state index in [9.17, 15) is 18.0 Å². The van der Waals surface area contributed by atoms with Crippen LogP contribution < -0.4 is 11.5 Å². The van der Waals surface area contributed by atoms with E-state index in [0.29, 0.717) is 19.4 Å². The van der Waals surface area contributed by atoms with Crippen molar-refractivity contribution in [2.45, 2.75) is 46.0 Å². The van der Waals surface area contributed by atoms with Crippen molar-refractivity contribution in [2.24, 2.45) is 17.4 Å². The van der Waals surface area contributed by atoms with Gasteiger partial charge >= 0.3 is 0 Å². The molecule has 0 heterocycles. The minimum atomic E-state index is -3.59. The van der Waals surface area contributed by atoms with Crippen LogP contribution in [0.4, 0.5) is 0 Å². The molecule has 1 atom stereocenters. The zero-order valence-electron chi connectivity index (χ0n) is 14.3. The Morgan fingerprint density at radius 2 is 1.78 bits per heavy atom. The van der Waals surface area contributed by atoms with E-state index >= 15 is 0 Å². The van der Waals surface area contributed by atoms with E-state index in [1.165, 1.54) is 11.2 Å². The molecule has 0 rings (SSSR count). The van der Waals surface area contributed by atoms with Gasteiger partial charge in [0.05, 0.1) is 12.3 Å². The van der Waals surface area contributed by atoms with Gasteiger partial charge in [-0.15, -0.1) is 0 Å². The Bertz CT molecular complexity index is 465. The predicted molar refractivity (Wildman–Crippen MR) is 91.4 cm³/mol. The monoisotopic (exact) mass is 349 g/mol. The quantitative estimate of drug-likeness (QED) is 0.434. The second-order valence-corrected chi connectivity index (χ2v) is 7.93. The largest absolute Gasteiger partial charge is 0.330 e. The van der Waals surface area contributed by atoms with E-state index in [2.05, 4.69) is 0 Å². The number of hydrogen-bond donors (Lipinski definition) is 2. The SMILES string of the molecule is CCC(=O)CN(C[C@H](CCCCN)CC(C)=O)S(=O)(=O)CCN. The van der Waals surface area contributed by atoms with Gasteiger partial charge < -0.3 is 16.3 Å². The summed E-state index contributed by atoms with van der Waals surface area (Å²) in [6.07, 6.45) is 2.96. The van der Waals surface area contributed by atoms with Gasteiger partial charge in [-0.1, -0.05) is 13.3 Å². The third-order valence-electron chi connectivity index (χ3n) is 3.62.